The molecule has 21 heavy (non-hydrogen) atoms. The van der Waals surface area contributed by atoms with Crippen molar-refractivity contribution >= 4 is 0 Å². The van der Waals surface area contributed by atoms with E-state index in [1.54, 1.807) is 12.1 Å². The molecule has 0 radical (unpaired) electrons. The highest BCUT2D eigenvalue weighted by Crippen LogP contribution is 2.31. The molecule has 2 aromatic rings. The van der Waals surface area contributed by atoms with Crippen molar-refractivity contribution in [2.75, 3.05) is 0 Å². The van der Waals surface area contributed by atoms with E-state index >= 15 is 0 Å². The molecule has 0 aliphatic rings. The van der Waals surface area contributed by atoms with Crippen LogP contribution in [0, 0.1) is 5.82 Å². The molecule has 0 heterocycles. The lowest BCUT2D eigenvalue weighted by Crippen LogP contribution is -2.29. The number of para-hydroxylation sites is 1. The molecule has 2 unspecified atom stereocenters. The maximum Gasteiger partial charge on any atom is 0.138 e. The van der Waals surface area contributed by atoms with Crippen molar-refractivity contribution in [2.24, 2.45) is 5.73 Å². The quantitative estimate of drug-likeness (QED) is 0.883. The molecule has 0 aromatic heterocycles. The van der Waals surface area contributed by atoms with Gasteiger partial charge in [-0.15, -0.1) is 0 Å². The third kappa shape index (κ3) is 3.82. The smallest absolute Gasteiger partial charge is 0.138 e. The molecule has 0 saturated heterocycles. The van der Waals surface area contributed by atoms with Crippen LogP contribution in [0.5, 0.6) is 5.75 Å². The van der Waals surface area contributed by atoms with Crippen LogP contribution in [-0.4, -0.2) is 6.04 Å². The van der Waals surface area contributed by atoms with E-state index in [4.69, 9.17) is 10.5 Å². The van der Waals surface area contributed by atoms with Gasteiger partial charge in [0.1, 0.15) is 17.7 Å². The van der Waals surface area contributed by atoms with Gasteiger partial charge in [-0.05, 0) is 42.2 Å². The molecule has 0 saturated carbocycles. The van der Waals surface area contributed by atoms with Gasteiger partial charge in [0.15, 0.2) is 0 Å². The lowest BCUT2D eigenvalue weighted by molar-refractivity contribution is 0.178. The Morgan fingerprint density at radius 3 is 2.14 bits per heavy atom. The van der Waals surface area contributed by atoms with Gasteiger partial charge in [-0.3, -0.25) is 0 Å². The van der Waals surface area contributed by atoms with E-state index in [0.717, 1.165) is 16.9 Å². The predicted octanol–water partition coefficient (Wildman–Crippen LogP) is 4.42. The fourth-order valence-electron chi connectivity index (χ4n) is 2.33. The first-order valence-electron chi connectivity index (χ1n) is 7.25. The van der Waals surface area contributed by atoms with Gasteiger partial charge in [0, 0.05) is 6.04 Å². The van der Waals surface area contributed by atoms with E-state index in [-0.39, 0.29) is 18.0 Å². The van der Waals surface area contributed by atoms with E-state index in [9.17, 15) is 4.39 Å². The van der Waals surface area contributed by atoms with Gasteiger partial charge in [-0.1, -0.05) is 44.2 Å². The minimum atomic E-state index is -0.300. The van der Waals surface area contributed by atoms with E-state index in [0.29, 0.717) is 5.92 Å². The molecule has 2 rings (SSSR count). The number of hydrogen-bond acceptors (Lipinski definition) is 2. The number of hydrogen-bond donors (Lipinski definition) is 1. The molecule has 2 N–H and O–H groups in total. The van der Waals surface area contributed by atoms with Crippen molar-refractivity contribution in [1.82, 2.24) is 0 Å². The Kier molecular flexibility index (Phi) is 4.97. The zero-order valence-corrected chi connectivity index (χ0v) is 12.7. The molecule has 2 atom stereocenters. The van der Waals surface area contributed by atoms with Crippen LogP contribution in [0.2, 0.25) is 0 Å². The maximum atomic E-state index is 13.1. The van der Waals surface area contributed by atoms with E-state index in [1.165, 1.54) is 12.1 Å². The first kappa shape index (κ1) is 15.5. The standard InChI is InChI=1S/C18H22FNO/c1-12(2)16-6-4-5-7-17(16)21-18(13(3)20)14-8-10-15(19)11-9-14/h4-13,18H,20H2,1-3H3. The van der Waals surface area contributed by atoms with E-state index in [1.807, 2.05) is 25.1 Å². The molecule has 0 spiro atoms. The molecule has 2 nitrogen and oxygen atoms in total. The molecule has 3 heteroatoms. The second kappa shape index (κ2) is 6.72. The first-order valence-corrected chi connectivity index (χ1v) is 7.25. The summed E-state index contributed by atoms with van der Waals surface area (Å²) in [7, 11) is 0. The minimum absolute atomic E-state index is 0.198. The van der Waals surface area contributed by atoms with Crippen molar-refractivity contribution in [1.29, 1.82) is 0 Å². The third-order valence-corrected chi connectivity index (χ3v) is 3.47. The number of ether oxygens (including phenoxy) is 1. The highest BCUT2D eigenvalue weighted by atomic mass is 19.1. The Balaban J connectivity index is 2.31. The van der Waals surface area contributed by atoms with Crippen molar-refractivity contribution in [3.8, 4) is 5.75 Å². The zero-order valence-electron chi connectivity index (χ0n) is 12.7. The van der Waals surface area contributed by atoms with Crippen LogP contribution in [-0.2, 0) is 0 Å². The van der Waals surface area contributed by atoms with Crippen LogP contribution >= 0.6 is 0 Å². The maximum absolute atomic E-state index is 13.1. The van der Waals surface area contributed by atoms with E-state index in [2.05, 4.69) is 19.9 Å². The summed E-state index contributed by atoms with van der Waals surface area (Å²) in [6, 6.07) is 14.1. The molecular formula is C18H22FNO. The topological polar surface area (TPSA) is 35.2 Å². The van der Waals surface area contributed by atoms with Crippen LogP contribution in [0.3, 0.4) is 0 Å². The highest BCUT2D eigenvalue weighted by molar-refractivity contribution is 5.36. The average molecular weight is 287 g/mol. The Morgan fingerprint density at radius 2 is 1.57 bits per heavy atom. The summed E-state index contributed by atoms with van der Waals surface area (Å²) in [4.78, 5) is 0. The van der Waals surface area contributed by atoms with Crippen molar-refractivity contribution in [3.63, 3.8) is 0 Å². The molecule has 112 valence electrons. The predicted molar refractivity (Wildman–Crippen MR) is 83.9 cm³/mol. The van der Waals surface area contributed by atoms with Crippen LogP contribution in [0.4, 0.5) is 4.39 Å². The lowest BCUT2D eigenvalue weighted by atomic mass is 10.0. The van der Waals surface area contributed by atoms with Gasteiger partial charge in [0.2, 0.25) is 0 Å². The fraction of sp³-hybridized carbons (Fsp3) is 0.333. The van der Waals surface area contributed by atoms with Crippen molar-refractivity contribution < 1.29 is 9.13 Å². The second-order valence-electron chi connectivity index (χ2n) is 5.64. The Hall–Kier alpha value is -1.87. The molecule has 0 aliphatic heterocycles. The monoisotopic (exact) mass is 287 g/mol. The molecule has 2 aromatic carbocycles. The lowest BCUT2D eigenvalue weighted by Gasteiger charge is -2.25. The summed E-state index contributed by atoms with van der Waals surface area (Å²) in [5.41, 5.74) is 8.09. The Morgan fingerprint density at radius 1 is 0.952 bits per heavy atom. The van der Waals surface area contributed by atoms with Crippen LogP contribution in [0.1, 0.15) is 43.9 Å². The zero-order chi connectivity index (χ0) is 15.4. The van der Waals surface area contributed by atoms with Gasteiger partial charge in [0.25, 0.3) is 0 Å². The van der Waals surface area contributed by atoms with Gasteiger partial charge in [-0.25, -0.2) is 4.39 Å². The van der Waals surface area contributed by atoms with E-state index < -0.39 is 0 Å². The highest BCUT2D eigenvalue weighted by Gasteiger charge is 2.20. The summed E-state index contributed by atoms with van der Waals surface area (Å²) in [5.74, 6) is 0.937. The third-order valence-electron chi connectivity index (χ3n) is 3.47. The van der Waals surface area contributed by atoms with Crippen molar-refractivity contribution in [3.05, 3.63) is 65.5 Å². The average Bonchev–Trinajstić information content (AvgIpc) is 2.46. The van der Waals surface area contributed by atoms with Gasteiger partial charge in [-0.2, -0.15) is 0 Å². The Labute approximate surface area is 125 Å². The summed E-state index contributed by atoms with van der Waals surface area (Å²) in [6.07, 6.45) is -0.300. The molecular weight excluding hydrogens is 265 g/mol. The largest absolute Gasteiger partial charge is 0.484 e. The van der Waals surface area contributed by atoms with Crippen LogP contribution in [0.15, 0.2) is 48.5 Å². The summed E-state index contributed by atoms with van der Waals surface area (Å²) < 4.78 is 19.2. The van der Waals surface area contributed by atoms with Crippen LogP contribution < -0.4 is 10.5 Å². The summed E-state index contributed by atoms with van der Waals surface area (Å²) in [5, 5.41) is 0. The Bertz CT molecular complexity index is 578. The summed E-state index contributed by atoms with van der Waals surface area (Å²) in [6.45, 7) is 6.15. The molecule has 0 bridgehead atoms. The summed E-state index contributed by atoms with van der Waals surface area (Å²) >= 11 is 0. The fourth-order valence-corrected chi connectivity index (χ4v) is 2.33. The van der Waals surface area contributed by atoms with Gasteiger partial charge >= 0.3 is 0 Å². The van der Waals surface area contributed by atoms with Crippen molar-refractivity contribution in [2.45, 2.75) is 38.8 Å². The van der Waals surface area contributed by atoms with Gasteiger partial charge in [0.05, 0.1) is 0 Å². The molecule has 0 fully saturated rings. The minimum Gasteiger partial charge on any atom is -0.484 e. The number of halogens is 1. The van der Waals surface area contributed by atoms with Crippen LogP contribution in [0.25, 0.3) is 0 Å². The second-order valence-corrected chi connectivity index (χ2v) is 5.64. The number of benzene rings is 2. The first-order chi connectivity index (χ1) is 9.99. The van der Waals surface area contributed by atoms with Gasteiger partial charge < -0.3 is 10.5 Å². The molecule has 0 amide bonds. The number of rotatable bonds is 5. The SMILES string of the molecule is CC(C)c1ccccc1OC(c1ccc(F)cc1)C(C)N. The normalized spacial score (nSPS) is 14.0. The molecule has 0 aliphatic carbocycles. The number of nitrogens with two attached hydrogens (primary N) is 1.